The molecule has 1 aliphatic carbocycles. The lowest BCUT2D eigenvalue weighted by Crippen LogP contribution is -2.34. The maximum absolute atomic E-state index is 12.5. The predicted molar refractivity (Wildman–Crippen MR) is 84.0 cm³/mol. The number of nitrogens with one attached hydrogen (secondary N) is 1. The molecular weight excluding hydrogens is 264 g/mol. The smallest absolute Gasteiger partial charge is 0.230 e. The first-order valence-corrected chi connectivity index (χ1v) is 7.83. The van der Waals surface area contributed by atoms with Crippen molar-refractivity contribution in [2.75, 3.05) is 18.0 Å². The number of anilines is 1. The highest BCUT2D eigenvalue weighted by molar-refractivity contribution is 6.01. The zero-order valence-electron chi connectivity index (χ0n) is 12.8. The molecule has 1 saturated carbocycles. The Morgan fingerprint density at radius 1 is 1.19 bits per heavy atom. The van der Waals surface area contributed by atoms with Crippen molar-refractivity contribution in [3.63, 3.8) is 0 Å². The molecule has 114 valence electrons. The first-order chi connectivity index (χ1) is 10.2. The summed E-state index contributed by atoms with van der Waals surface area (Å²) < 4.78 is 0. The highest BCUT2D eigenvalue weighted by Crippen LogP contribution is 2.40. The van der Waals surface area contributed by atoms with Gasteiger partial charge in [-0.25, -0.2) is 0 Å². The van der Waals surface area contributed by atoms with Crippen LogP contribution in [0.15, 0.2) is 30.3 Å². The number of amides is 2. The zero-order valence-corrected chi connectivity index (χ0v) is 12.8. The van der Waals surface area contributed by atoms with Gasteiger partial charge in [-0.2, -0.15) is 0 Å². The van der Waals surface area contributed by atoms with Crippen LogP contribution in [0.25, 0.3) is 0 Å². The molecule has 1 fully saturated rings. The number of carbonyl (C=O) groups is 2. The SMILES string of the molecule is CCCCNC(=O)C1CC1C(=O)N(CC)c1ccccc1. The van der Waals surface area contributed by atoms with Crippen LogP contribution in [0, 0.1) is 11.8 Å². The largest absolute Gasteiger partial charge is 0.356 e. The number of unbranched alkanes of at least 4 members (excludes halogenated alkanes) is 1. The van der Waals surface area contributed by atoms with Crippen molar-refractivity contribution in [1.82, 2.24) is 5.32 Å². The Balaban J connectivity index is 1.91. The predicted octanol–water partition coefficient (Wildman–Crippen LogP) is 2.59. The molecule has 1 aliphatic rings. The van der Waals surface area contributed by atoms with E-state index in [4.69, 9.17) is 0 Å². The summed E-state index contributed by atoms with van der Waals surface area (Å²) in [6.07, 6.45) is 2.73. The normalized spacial score (nSPS) is 19.9. The molecule has 2 atom stereocenters. The van der Waals surface area contributed by atoms with Crippen molar-refractivity contribution in [3.8, 4) is 0 Å². The Bertz CT molecular complexity index is 487. The fraction of sp³-hybridized carbons (Fsp3) is 0.529. The van der Waals surface area contributed by atoms with E-state index in [9.17, 15) is 9.59 Å². The standard InChI is InChI=1S/C17H24N2O2/c1-3-5-11-18-16(20)14-12-15(14)17(21)19(4-2)13-9-7-6-8-10-13/h6-10,14-15H,3-5,11-12H2,1-2H3,(H,18,20). The van der Waals surface area contributed by atoms with Crippen LogP contribution in [-0.2, 0) is 9.59 Å². The second kappa shape index (κ2) is 7.25. The van der Waals surface area contributed by atoms with Crippen LogP contribution in [-0.4, -0.2) is 24.9 Å². The van der Waals surface area contributed by atoms with E-state index in [-0.39, 0.29) is 23.7 Å². The van der Waals surface area contributed by atoms with E-state index in [1.54, 1.807) is 4.90 Å². The van der Waals surface area contributed by atoms with Gasteiger partial charge in [0.15, 0.2) is 0 Å². The number of benzene rings is 1. The summed E-state index contributed by atoms with van der Waals surface area (Å²) in [6, 6.07) is 9.64. The molecule has 0 aromatic heterocycles. The van der Waals surface area contributed by atoms with E-state index < -0.39 is 0 Å². The summed E-state index contributed by atoms with van der Waals surface area (Å²) in [5.41, 5.74) is 0.905. The van der Waals surface area contributed by atoms with E-state index in [0.29, 0.717) is 19.5 Å². The van der Waals surface area contributed by atoms with Crippen molar-refractivity contribution in [1.29, 1.82) is 0 Å². The Kier molecular flexibility index (Phi) is 5.37. The van der Waals surface area contributed by atoms with Gasteiger partial charge in [-0.3, -0.25) is 9.59 Å². The first-order valence-electron chi connectivity index (χ1n) is 7.83. The monoisotopic (exact) mass is 288 g/mol. The molecule has 0 saturated heterocycles. The van der Waals surface area contributed by atoms with E-state index in [1.807, 2.05) is 37.3 Å². The number of hydrogen-bond donors (Lipinski definition) is 1. The van der Waals surface area contributed by atoms with Crippen LogP contribution in [0.1, 0.15) is 33.1 Å². The molecule has 1 aromatic carbocycles. The van der Waals surface area contributed by atoms with Gasteiger partial charge in [-0.1, -0.05) is 31.5 Å². The molecule has 0 spiro atoms. The summed E-state index contributed by atoms with van der Waals surface area (Å²) >= 11 is 0. The van der Waals surface area contributed by atoms with Gasteiger partial charge in [-0.05, 0) is 31.9 Å². The molecule has 0 radical (unpaired) electrons. The molecule has 1 aromatic rings. The summed E-state index contributed by atoms with van der Waals surface area (Å²) in [7, 11) is 0. The molecule has 2 unspecified atom stereocenters. The summed E-state index contributed by atoms with van der Waals surface area (Å²) in [5.74, 6) is -0.177. The maximum atomic E-state index is 12.5. The fourth-order valence-corrected chi connectivity index (χ4v) is 2.55. The number of nitrogens with zero attached hydrogens (tertiary/aromatic N) is 1. The molecule has 2 amide bonds. The van der Waals surface area contributed by atoms with Gasteiger partial charge in [0.05, 0.1) is 11.8 Å². The van der Waals surface area contributed by atoms with E-state index >= 15 is 0 Å². The van der Waals surface area contributed by atoms with Crippen LogP contribution in [0.5, 0.6) is 0 Å². The third-order valence-corrected chi connectivity index (χ3v) is 3.92. The quantitative estimate of drug-likeness (QED) is 0.784. The molecular formula is C17H24N2O2. The lowest BCUT2D eigenvalue weighted by atomic mass is 10.2. The zero-order chi connectivity index (χ0) is 15.2. The summed E-state index contributed by atoms with van der Waals surface area (Å²) in [5, 5.41) is 2.92. The van der Waals surface area contributed by atoms with Gasteiger partial charge in [0.25, 0.3) is 0 Å². The lowest BCUT2D eigenvalue weighted by Gasteiger charge is -2.21. The molecule has 1 N–H and O–H groups in total. The van der Waals surface area contributed by atoms with Gasteiger partial charge in [0.1, 0.15) is 0 Å². The van der Waals surface area contributed by atoms with Gasteiger partial charge >= 0.3 is 0 Å². The Labute approximate surface area is 126 Å². The maximum Gasteiger partial charge on any atom is 0.230 e. The molecule has 0 aliphatic heterocycles. The molecule has 2 rings (SSSR count). The third kappa shape index (κ3) is 3.84. The molecule has 0 heterocycles. The number of carbonyl (C=O) groups excluding carboxylic acids is 2. The number of hydrogen-bond acceptors (Lipinski definition) is 2. The van der Waals surface area contributed by atoms with Gasteiger partial charge in [0, 0.05) is 18.8 Å². The van der Waals surface area contributed by atoms with Crippen molar-refractivity contribution in [3.05, 3.63) is 30.3 Å². The van der Waals surface area contributed by atoms with E-state index in [2.05, 4.69) is 12.2 Å². The van der Waals surface area contributed by atoms with Crippen LogP contribution < -0.4 is 10.2 Å². The average Bonchev–Trinajstić information content (AvgIpc) is 3.30. The van der Waals surface area contributed by atoms with Crippen LogP contribution in [0.2, 0.25) is 0 Å². The number of rotatable bonds is 7. The number of para-hydroxylation sites is 1. The van der Waals surface area contributed by atoms with Crippen LogP contribution >= 0.6 is 0 Å². The lowest BCUT2D eigenvalue weighted by molar-refractivity contribution is -0.126. The van der Waals surface area contributed by atoms with Crippen molar-refractivity contribution in [2.45, 2.75) is 33.1 Å². The highest BCUT2D eigenvalue weighted by Gasteiger charge is 2.49. The van der Waals surface area contributed by atoms with Gasteiger partial charge in [0.2, 0.25) is 11.8 Å². The minimum atomic E-state index is -0.146. The van der Waals surface area contributed by atoms with Crippen LogP contribution in [0.4, 0.5) is 5.69 Å². The molecule has 4 heteroatoms. The topological polar surface area (TPSA) is 49.4 Å². The Morgan fingerprint density at radius 3 is 2.52 bits per heavy atom. The molecule has 4 nitrogen and oxygen atoms in total. The first kappa shape index (κ1) is 15.5. The van der Waals surface area contributed by atoms with Crippen molar-refractivity contribution in [2.24, 2.45) is 11.8 Å². The fourth-order valence-electron chi connectivity index (χ4n) is 2.55. The van der Waals surface area contributed by atoms with Gasteiger partial charge in [-0.15, -0.1) is 0 Å². The van der Waals surface area contributed by atoms with E-state index in [0.717, 1.165) is 18.5 Å². The van der Waals surface area contributed by atoms with Crippen molar-refractivity contribution < 1.29 is 9.59 Å². The Morgan fingerprint density at radius 2 is 1.90 bits per heavy atom. The highest BCUT2D eigenvalue weighted by atomic mass is 16.2. The summed E-state index contributed by atoms with van der Waals surface area (Å²) in [4.78, 5) is 26.3. The second-order valence-electron chi connectivity index (χ2n) is 5.51. The second-order valence-corrected chi connectivity index (χ2v) is 5.51. The van der Waals surface area contributed by atoms with E-state index in [1.165, 1.54) is 0 Å². The minimum absolute atomic E-state index is 0.0333. The average molecular weight is 288 g/mol. The molecule has 21 heavy (non-hydrogen) atoms. The summed E-state index contributed by atoms with van der Waals surface area (Å²) in [6.45, 7) is 5.39. The van der Waals surface area contributed by atoms with Crippen molar-refractivity contribution >= 4 is 17.5 Å². The molecule has 0 bridgehead atoms. The van der Waals surface area contributed by atoms with Gasteiger partial charge < -0.3 is 10.2 Å². The third-order valence-electron chi connectivity index (χ3n) is 3.92. The minimum Gasteiger partial charge on any atom is -0.356 e. The Hall–Kier alpha value is -1.84. The van der Waals surface area contributed by atoms with Crippen LogP contribution in [0.3, 0.4) is 0 Å².